The monoisotopic (exact) mass is 446 g/mol. The number of rotatable bonds is 5. The maximum atomic E-state index is 12.9. The summed E-state index contributed by atoms with van der Waals surface area (Å²) < 4.78 is 5.11. The van der Waals surface area contributed by atoms with E-state index in [4.69, 9.17) is 21.6 Å². The number of carbonyl (C=O) groups is 4. The molecule has 1 aliphatic heterocycles. The molecule has 10 heteroatoms. The Labute approximate surface area is 184 Å². The Bertz CT molecular complexity index is 975. The van der Waals surface area contributed by atoms with E-state index in [-0.39, 0.29) is 16.5 Å². The number of urea groups is 1. The van der Waals surface area contributed by atoms with E-state index >= 15 is 0 Å². The number of imide groups is 1. The van der Waals surface area contributed by atoms with Gasteiger partial charge in [-0.2, -0.15) is 5.26 Å². The molecule has 0 radical (unpaired) electrons. The molecule has 1 aromatic carbocycles. The zero-order valence-electron chi connectivity index (χ0n) is 17.2. The highest BCUT2D eigenvalue weighted by atomic mass is 35.5. The summed E-state index contributed by atoms with van der Waals surface area (Å²) in [5, 5.41) is 14.4. The summed E-state index contributed by atoms with van der Waals surface area (Å²) in [5.41, 5.74) is -0.370. The molecule has 9 nitrogen and oxygen atoms in total. The Morgan fingerprint density at radius 3 is 2.81 bits per heavy atom. The van der Waals surface area contributed by atoms with Crippen LogP contribution in [-0.2, 0) is 19.1 Å². The number of nitrogens with zero attached hydrogens (tertiary/aromatic N) is 2. The standard InChI is InChI=1S/C21H23ClN4O5/c1-12-5-3-4-8-21(12)19(29)26(20(30)25-21)11-17(27)31-13(2)18(28)24-15-7-6-14(10-23)16(22)9-15/h6-7,9,12-13H,3-5,8,11H2,1-2H3,(H,24,28)(H,25,30). The van der Waals surface area contributed by atoms with Crippen molar-refractivity contribution in [3.63, 3.8) is 0 Å². The van der Waals surface area contributed by atoms with Crippen molar-refractivity contribution >= 4 is 41.1 Å². The lowest BCUT2D eigenvalue weighted by molar-refractivity contribution is -0.155. The van der Waals surface area contributed by atoms with Crippen molar-refractivity contribution in [3.05, 3.63) is 28.8 Å². The van der Waals surface area contributed by atoms with E-state index in [1.165, 1.54) is 25.1 Å². The summed E-state index contributed by atoms with van der Waals surface area (Å²) in [5.74, 6) is -1.94. The Hall–Kier alpha value is -3.12. The number of ether oxygens (including phenoxy) is 1. The number of hydrogen-bond acceptors (Lipinski definition) is 6. The first-order valence-corrected chi connectivity index (χ1v) is 10.4. The van der Waals surface area contributed by atoms with Crippen LogP contribution in [0, 0.1) is 17.2 Å². The minimum atomic E-state index is -1.18. The number of esters is 1. The van der Waals surface area contributed by atoms with Gasteiger partial charge in [0.2, 0.25) is 0 Å². The molecule has 4 amide bonds. The topological polar surface area (TPSA) is 129 Å². The van der Waals surface area contributed by atoms with Crippen LogP contribution in [0.4, 0.5) is 10.5 Å². The van der Waals surface area contributed by atoms with Crippen LogP contribution in [0.5, 0.6) is 0 Å². The predicted molar refractivity (Wildman–Crippen MR) is 111 cm³/mol. The Balaban J connectivity index is 1.58. The smallest absolute Gasteiger partial charge is 0.327 e. The Morgan fingerprint density at radius 1 is 1.42 bits per heavy atom. The molecule has 0 aromatic heterocycles. The van der Waals surface area contributed by atoms with E-state index < -0.39 is 42.0 Å². The van der Waals surface area contributed by atoms with Crippen molar-refractivity contribution in [3.8, 4) is 6.07 Å². The van der Waals surface area contributed by atoms with E-state index in [0.29, 0.717) is 12.1 Å². The molecule has 3 rings (SSSR count). The first-order chi connectivity index (χ1) is 14.7. The van der Waals surface area contributed by atoms with Gasteiger partial charge in [-0.15, -0.1) is 0 Å². The first kappa shape index (κ1) is 22.6. The number of nitrogens with one attached hydrogen (secondary N) is 2. The van der Waals surface area contributed by atoms with E-state index in [0.717, 1.165) is 24.2 Å². The molecular weight excluding hydrogens is 424 g/mol. The van der Waals surface area contributed by atoms with E-state index in [1.54, 1.807) is 0 Å². The fourth-order valence-corrected chi connectivity index (χ4v) is 4.21. The highest BCUT2D eigenvalue weighted by Crippen LogP contribution is 2.38. The van der Waals surface area contributed by atoms with Gasteiger partial charge in [-0.25, -0.2) is 4.79 Å². The second-order valence-corrected chi connectivity index (χ2v) is 8.27. The fraction of sp³-hybridized carbons (Fsp3) is 0.476. The number of anilines is 1. The number of carbonyl (C=O) groups excluding carboxylic acids is 4. The zero-order valence-corrected chi connectivity index (χ0v) is 18.0. The van der Waals surface area contributed by atoms with Crippen molar-refractivity contribution in [1.29, 1.82) is 5.26 Å². The van der Waals surface area contributed by atoms with Crippen LogP contribution < -0.4 is 10.6 Å². The van der Waals surface area contributed by atoms with Gasteiger partial charge in [-0.3, -0.25) is 19.3 Å². The molecular formula is C21H23ClN4O5. The molecule has 0 bridgehead atoms. The largest absolute Gasteiger partial charge is 0.451 e. The molecule has 31 heavy (non-hydrogen) atoms. The van der Waals surface area contributed by atoms with Crippen LogP contribution in [0.3, 0.4) is 0 Å². The SMILES string of the molecule is CC(OC(=O)CN1C(=O)NC2(CCCCC2C)C1=O)C(=O)Nc1ccc(C#N)c(Cl)c1. The van der Waals surface area contributed by atoms with Crippen LogP contribution in [0.15, 0.2) is 18.2 Å². The molecule has 1 saturated heterocycles. The highest BCUT2D eigenvalue weighted by Gasteiger charge is 2.55. The van der Waals surface area contributed by atoms with Gasteiger partial charge < -0.3 is 15.4 Å². The molecule has 1 spiro atoms. The minimum absolute atomic E-state index is 0.0253. The molecule has 3 atom stereocenters. The summed E-state index contributed by atoms with van der Waals surface area (Å²) in [4.78, 5) is 50.7. The average Bonchev–Trinajstić information content (AvgIpc) is 2.95. The number of amides is 4. The van der Waals surface area contributed by atoms with Gasteiger partial charge in [0.15, 0.2) is 6.10 Å². The average molecular weight is 447 g/mol. The maximum Gasteiger partial charge on any atom is 0.327 e. The van der Waals surface area contributed by atoms with Gasteiger partial charge in [-0.1, -0.05) is 31.4 Å². The summed E-state index contributed by atoms with van der Waals surface area (Å²) in [6.07, 6.45) is 2.00. The van der Waals surface area contributed by atoms with E-state index in [9.17, 15) is 19.2 Å². The first-order valence-electron chi connectivity index (χ1n) is 10.0. The molecule has 2 N–H and O–H groups in total. The quantitative estimate of drug-likeness (QED) is 0.528. The lowest BCUT2D eigenvalue weighted by Gasteiger charge is -2.36. The molecule has 1 saturated carbocycles. The van der Waals surface area contributed by atoms with Gasteiger partial charge >= 0.3 is 12.0 Å². The second-order valence-electron chi connectivity index (χ2n) is 7.87. The number of benzene rings is 1. The van der Waals surface area contributed by atoms with Crippen molar-refractivity contribution in [2.24, 2.45) is 5.92 Å². The predicted octanol–water partition coefficient (Wildman–Crippen LogP) is 2.58. The third-order valence-electron chi connectivity index (χ3n) is 5.82. The van der Waals surface area contributed by atoms with Crippen LogP contribution in [0.1, 0.15) is 45.1 Å². The summed E-state index contributed by atoms with van der Waals surface area (Å²) in [6, 6.07) is 5.64. The second kappa shape index (κ2) is 8.94. The molecule has 1 aliphatic carbocycles. The zero-order chi connectivity index (χ0) is 22.8. The minimum Gasteiger partial charge on any atom is -0.451 e. The lowest BCUT2D eigenvalue weighted by Crippen LogP contribution is -2.54. The van der Waals surface area contributed by atoms with Gasteiger partial charge in [0.25, 0.3) is 11.8 Å². The van der Waals surface area contributed by atoms with Gasteiger partial charge in [0, 0.05) is 5.69 Å². The van der Waals surface area contributed by atoms with Crippen LogP contribution in [0.25, 0.3) is 0 Å². The molecule has 3 unspecified atom stereocenters. The summed E-state index contributed by atoms with van der Waals surface area (Å²) in [7, 11) is 0. The molecule has 2 fully saturated rings. The Kier molecular flexibility index (Phi) is 6.51. The van der Waals surface area contributed by atoms with E-state index in [1.807, 2.05) is 13.0 Å². The van der Waals surface area contributed by atoms with Crippen LogP contribution >= 0.6 is 11.6 Å². The van der Waals surface area contributed by atoms with Gasteiger partial charge in [0.1, 0.15) is 18.2 Å². The fourth-order valence-electron chi connectivity index (χ4n) is 3.98. The van der Waals surface area contributed by atoms with Crippen LogP contribution in [-0.4, -0.2) is 46.9 Å². The highest BCUT2D eigenvalue weighted by molar-refractivity contribution is 6.32. The van der Waals surface area contributed by atoms with Crippen molar-refractivity contribution in [2.45, 2.75) is 51.2 Å². The van der Waals surface area contributed by atoms with Gasteiger partial charge in [0.05, 0.1) is 10.6 Å². The summed E-state index contributed by atoms with van der Waals surface area (Å²) >= 11 is 5.94. The molecule has 1 aromatic rings. The molecule has 164 valence electrons. The Morgan fingerprint density at radius 2 is 2.16 bits per heavy atom. The van der Waals surface area contributed by atoms with Crippen molar-refractivity contribution in [1.82, 2.24) is 10.2 Å². The van der Waals surface area contributed by atoms with Gasteiger partial charge in [-0.05, 0) is 43.9 Å². The third kappa shape index (κ3) is 4.49. The molecule has 2 aliphatic rings. The third-order valence-corrected chi connectivity index (χ3v) is 6.14. The van der Waals surface area contributed by atoms with E-state index in [2.05, 4.69) is 10.6 Å². The summed E-state index contributed by atoms with van der Waals surface area (Å²) in [6.45, 7) is 2.72. The maximum absolute atomic E-state index is 12.9. The number of halogens is 1. The number of nitriles is 1. The van der Waals surface area contributed by atoms with Crippen LogP contribution in [0.2, 0.25) is 5.02 Å². The molecule has 1 heterocycles. The number of hydrogen-bond donors (Lipinski definition) is 2. The van der Waals surface area contributed by atoms with Crippen molar-refractivity contribution in [2.75, 3.05) is 11.9 Å². The lowest BCUT2D eigenvalue weighted by atomic mass is 9.73. The van der Waals surface area contributed by atoms with Crippen molar-refractivity contribution < 1.29 is 23.9 Å². The normalized spacial score (nSPS) is 23.8.